The highest BCUT2D eigenvalue weighted by atomic mass is 35.5. The minimum absolute atomic E-state index is 0.218. The molecule has 0 aliphatic carbocycles. The second-order valence-corrected chi connectivity index (χ2v) is 6.28. The summed E-state index contributed by atoms with van der Waals surface area (Å²) in [6.45, 7) is 0. The second-order valence-electron chi connectivity index (χ2n) is 4.79. The lowest BCUT2D eigenvalue weighted by molar-refractivity contribution is 0.102. The number of nitrogens with one attached hydrogen (secondary N) is 1. The molecule has 0 saturated heterocycles. The summed E-state index contributed by atoms with van der Waals surface area (Å²) in [5, 5.41) is 4.31. The molecule has 0 unspecified atom stereocenters. The SMILES string of the molecule is COc1ccc(NC(=O)c2sc3ccc(Cl)cc3c2OC)cc1. The summed E-state index contributed by atoms with van der Waals surface area (Å²) in [4.78, 5) is 13.1. The number of hydrogen-bond donors (Lipinski definition) is 1. The Morgan fingerprint density at radius 2 is 1.83 bits per heavy atom. The molecule has 6 heteroatoms. The Morgan fingerprint density at radius 1 is 1.09 bits per heavy atom. The van der Waals surface area contributed by atoms with Crippen molar-refractivity contribution in [3.8, 4) is 11.5 Å². The van der Waals surface area contributed by atoms with E-state index in [9.17, 15) is 4.79 Å². The van der Waals surface area contributed by atoms with Crippen molar-refractivity contribution in [2.45, 2.75) is 0 Å². The van der Waals surface area contributed by atoms with Gasteiger partial charge in [-0.1, -0.05) is 11.6 Å². The molecule has 0 aliphatic rings. The van der Waals surface area contributed by atoms with Gasteiger partial charge < -0.3 is 14.8 Å². The lowest BCUT2D eigenvalue weighted by atomic mass is 10.2. The summed E-state index contributed by atoms with van der Waals surface area (Å²) in [6.07, 6.45) is 0. The maximum Gasteiger partial charge on any atom is 0.269 e. The number of halogens is 1. The van der Waals surface area contributed by atoms with Crippen LogP contribution < -0.4 is 14.8 Å². The van der Waals surface area contributed by atoms with E-state index in [1.807, 2.05) is 6.07 Å². The van der Waals surface area contributed by atoms with Gasteiger partial charge in [0.15, 0.2) is 0 Å². The molecule has 0 saturated carbocycles. The predicted molar refractivity (Wildman–Crippen MR) is 94.3 cm³/mol. The van der Waals surface area contributed by atoms with Crippen LogP contribution in [0.1, 0.15) is 9.67 Å². The number of benzene rings is 2. The number of carbonyl (C=O) groups is 1. The van der Waals surface area contributed by atoms with Crippen LogP contribution in [0.5, 0.6) is 11.5 Å². The lowest BCUT2D eigenvalue weighted by Crippen LogP contribution is -2.11. The number of rotatable bonds is 4. The van der Waals surface area contributed by atoms with Gasteiger partial charge in [0.1, 0.15) is 16.4 Å². The highest BCUT2D eigenvalue weighted by Gasteiger charge is 2.19. The van der Waals surface area contributed by atoms with Crippen molar-refractivity contribution < 1.29 is 14.3 Å². The fourth-order valence-electron chi connectivity index (χ4n) is 2.26. The van der Waals surface area contributed by atoms with Crippen LogP contribution in [0.25, 0.3) is 10.1 Å². The monoisotopic (exact) mass is 347 g/mol. The van der Waals surface area contributed by atoms with E-state index in [0.717, 1.165) is 15.8 Å². The minimum Gasteiger partial charge on any atom is -0.497 e. The summed E-state index contributed by atoms with van der Waals surface area (Å²) >= 11 is 7.40. The van der Waals surface area contributed by atoms with E-state index >= 15 is 0 Å². The highest BCUT2D eigenvalue weighted by Crippen LogP contribution is 2.39. The van der Waals surface area contributed by atoms with Crippen molar-refractivity contribution in [1.82, 2.24) is 0 Å². The fraction of sp³-hybridized carbons (Fsp3) is 0.118. The van der Waals surface area contributed by atoms with Crippen LogP contribution in [0.4, 0.5) is 5.69 Å². The van der Waals surface area contributed by atoms with Crippen LogP contribution in [0, 0.1) is 0 Å². The molecule has 2 aromatic carbocycles. The molecule has 0 radical (unpaired) electrons. The van der Waals surface area contributed by atoms with Gasteiger partial charge >= 0.3 is 0 Å². The number of fused-ring (bicyclic) bond motifs is 1. The largest absolute Gasteiger partial charge is 0.497 e. The van der Waals surface area contributed by atoms with E-state index in [-0.39, 0.29) is 5.91 Å². The zero-order valence-corrected chi connectivity index (χ0v) is 14.1. The standard InChI is InChI=1S/C17H14ClNO3S/c1-21-12-6-4-11(5-7-12)19-17(20)16-15(22-2)13-9-10(18)3-8-14(13)23-16/h3-9H,1-2H3,(H,19,20). The van der Waals surface area contributed by atoms with E-state index in [1.54, 1.807) is 50.6 Å². The topological polar surface area (TPSA) is 47.6 Å². The zero-order chi connectivity index (χ0) is 16.4. The number of anilines is 1. The molecule has 0 spiro atoms. The molecule has 0 atom stereocenters. The molecular formula is C17H14ClNO3S. The molecule has 4 nitrogen and oxygen atoms in total. The molecule has 0 fully saturated rings. The molecule has 1 aromatic heterocycles. The Morgan fingerprint density at radius 3 is 2.48 bits per heavy atom. The first-order valence-electron chi connectivity index (χ1n) is 6.84. The van der Waals surface area contributed by atoms with Gasteiger partial charge in [-0.25, -0.2) is 0 Å². The summed E-state index contributed by atoms with van der Waals surface area (Å²) in [5.41, 5.74) is 0.688. The van der Waals surface area contributed by atoms with Gasteiger partial charge in [-0.15, -0.1) is 11.3 Å². The Bertz CT molecular complexity index is 858. The van der Waals surface area contributed by atoms with Crippen LogP contribution in [-0.4, -0.2) is 20.1 Å². The van der Waals surface area contributed by atoms with Crippen molar-refractivity contribution in [2.24, 2.45) is 0 Å². The zero-order valence-electron chi connectivity index (χ0n) is 12.6. The van der Waals surface area contributed by atoms with E-state index in [4.69, 9.17) is 21.1 Å². The average molecular weight is 348 g/mol. The Balaban J connectivity index is 1.93. The van der Waals surface area contributed by atoms with Crippen LogP contribution in [0.15, 0.2) is 42.5 Å². The van der Waals surface area contributed by atoms with Gasteiger partial charge in [-0.3, -0.25) is 4.79 Å². The number of hydrogen-bond acceptors (Lipinski definition) is 4. The molecule has 118 valence electrons. The van der Waals surface area contributed by atoms with Crippen molar-refractivity contribution in [2.75, 3.05) is 19.5 Å². The number of ether oxygens (including phenoxy) is 2. The van der Waals surface area contributed by atoms with Crippen LogP contribution >= 0.6 is 22.9 Å². The first-order chi connectivity index (χ1) is 11.1. The molecule has 23 heavy (non-hydrogen) atoms. The summed E-state index contributed by atoms with van der Waals surface area (Å²) in [7, 11) is 3.15. The number of thiophene rings is 1. The maximum absolute atomic E-state index is 12.6. The average Bonchev–Trinajstić information content (AvgIpc) is 2.93. The summed E-state index contributed by atoms with van der Waals surface area (Å²) in [6, 6.07) is 12.6. The Hall–Kier alpha value is -2.24. The normalized spacial score (nSPS) is 10.6. The predicted octanol–water partition coefficient (Wildman–Crippen LogP) is 4.82. The van der Waals surface area contributed by atoms with Gasteiger partial charge in [0, 0.05) is 20.8 Å². The lowest BCUT2D eigenvalue weighted by Gasteiger charge is -2.06. The Labute approximate surface area is 142 Å². The molecule has 0 bridgehead atoms. The van der Waals surface area contributed by atoms with Gasteiger partial charge in [0.05, 0.1) is 14.2 Å². The third kappa shape index (κ3) is 3.11. The molecular weight excluding hydrogens is 334 g/mol. The maximum atomic E-state index is 12.6. The van der Waals surface area contributed by atoms with E-state index < -0.39 is 0 Å². The van der Waals surface area contributed by atoms with Crippen molar-refractivity contribution in [3.05, 3.63) is 52.4 Å². The van der Waals surface area contributed by atoms with Gasteiger partial charge in [-0.2, -0.15) is 0 Å². The summed E-state index contributed by atoms with van der Waals surface area (Å²) < 4.78 is 11.5. The third-order valence-electron chi connectivity index (χ3n) is 3.36. The fourth-order valence-corrected chi connectivity index (χ4v) is 3.48. The van der Waals surface area contributed by atoms with Crippen molar-refractivity contribution >= 4 is 44.6 Å². The molecule has 3 rings (SSSR count). The van der Waals surface area contributed by atoms with Gasteiger partial charge in [0.25, 0.3) is 5.91 Å². The third-order valence-corrected chi connectivity index (χ3v) is 4.75. The van der Waals surface area contributed by atoms with E-state index in [1.165, 1.54) is 11.3 Å². The molecule has 1 heterocycles. The number of amides is 1. The molecule has 1 amide bonds. The van der Waals surface area contributed by atoms with Crippen LogP contribution in [-0.2, 0) is 0 Å². The highest BCUT2D eigenvalue weighted by molar-refractivity contribution is 7.21. The van der Waals surface area contributed by atoms with E-state index in [0.29, 0.717) is 21.3 Å². The Kier molecular flexibility index (Phi) is 4.41. The number of methoxy groups -OCH3 is 2. The van der Waals surface area contributed by atoms with Gasteiger partial charge in [-0.05, 0) is 42.5 Å². The molecule has 0 aliphatic heterocycles. The molecule has 1 N–H and O–H groups in total. The number of carbonyl (C=O) groups excluding carboxylic acids is 1. The first-order valence-corrected chi connectivity index (χ1v) is 8.03. The van der Waals surface area contributed by atoms with E-state index in [2.05, 4.69) is 5.32 Å². The molecule has 3 aromatic rings. The van der Waals surface area contributed by atoms with Crippen LogP contribution in [0.2, 0.25) is 5.02 Å². The summed E-state index contributed by atoms with van der Waals surface area (Å²) in [5.74, 6) is 1.06. The van der Waals surface area contributed by atoms with Gasteiger partial charge in [0.2, 0.25) is 0 Å². The van der Waals surface area contributed by atoms with Crippen LogP contribution in [0.3, 0.4) is 0 Å². The first kappa shape index (κ1) is 15.6. The second kappa shape index (κ2) is 6.48. The van der Waals surface area contributed by atoms with Crippen molar-refractivity contribution in [1.29, 1.82) is 0 Å². The van der Waals surface area contributed by atoms with Crippen molar-refractivity contribution in [3.63, 3.8) is 0 Å². The smallest absolute Gasteiger partial charge is 0.269 e. The minimum atomic E-state index is -0.218. The quantitative estimate of drug-likeness (QED) is 0.735.